The third-order valence-electron chi connectivity index (χ3n) is 2.69. The minimum absolute atomic E-state index is 0.0319. The number of hydrogen-bond acceptors (Lipinski definition) is 4. The Morgan fingerprint density at radius 3 is 2.59 bits per heavy atom. The summed E-state index contributed by atoms with van der Waals surface area (Å²) in [5, 5.41) is 9.58. The lowest BCUT2D eigenvalue weighted by molar-refractivity contribution is -0.191. The van der Waals surface area contributed by atoms with Crippen LogP contribution >= 0.6 is 0 Å². The zero-order valence-corrected chi connectivity index (χ0v) is 9.70. The largest absolute Gasteiger partial charge is 0.455 e. The lowest BCUT2D eigenvalue weighted by atomic mass is 10.1. The SMILES string of the molecule is CC(C)N1CC[C@H](O)[C@H]1C(=O)OCC(F)(F)F. The molecule has 100 valence electrons. The fraction of sp³-hybridized carbons (Fsp3) is 0.900. The highest BCUT2D eigenvalue weighted by atomic mass is 19.4. The summed E-state index contributed by atoms with van der Waals surface area (Å²) in [6.45, 7) is 2.48. The number of likely N-dealkylation sites (tertiary alicyclic amines) is 1. The smallest absolute Gasteiger partial charge is 0.422 e. The molecule has 0 unspecified atom stereocenters. The standard InChI is InChI=1S/C10H16F3NO3/c1-6(2)14-4-3-7(15)8(14)9(16)17-5-10(11,12)13/h6-8,15H,3-5H2,1-2H3/t7-,8-/m0/s1. The Morgan fingerprint density at radius 1 is 1.53 bits per heavy atom. The first kappa shape index (κ1) is 14.2. The molecule has 0 aromatic heterocycles. The first-order valence-electron chi connectivity index (χ1n) is 5.39. The molecule has 1 fully saturated rings. The number of halogens is 3. The van der Waals surface area contributed by atoms with E-state index in [1.54, 1.807) is 4.90 Å². The predicted octanol–water partition coefficient (Wildman–Crippen LogP) is 0.935. The maximum atomic E-state index is 11.9. The van der Waals surface area contributed by atoms with Crippen LogP contribution in [0, 0.1) is 0 Å². The molecule has 0 saturated carbocycles. The van der Waals surface area contributed by atoms with E-state index in [2.05, 4.69) is 4.74 Å². The van der Waals surface area contributed by atoms with E-state index < -0.39 is 30.9 Å². The van der Waals surface area contributed by atoms with Gasteiger partial charge >= 0.3 is 12.1 Å². The number of ether oxygens (including phenoxy) is 1. The number of alkyl halides is 3. The van der Waals surface area contributed by atoms with Crippen LogP contribution in [0.3, 0.4) is 0 Å². The Balaban J connectivity index is 2.60. The van der Waals surface area contributed by atoms with Crippen molar-refractivity contribution in [2.75, 3.05) is 13.2 Å². The molecule has 2 atom stereocenters. The molecule has 1 heterocycles. The van der Waals surface area contributed by atoms with Crippen molar-refractivity contribution in [2.45, 2.75) is 44.6 Å². The van der Waals surface area contributed by atoms with Crippen LogP contribution in [-0.4, -0.2) is 53.5 Å². The number of rotatable bonds is 3. The van der Waals surface area contributed by atoms with Gasteiger partial charge in [-0.3, -0.25) is 9.69 Å². The molecule has 0 spiro atoms. The lowest BCUT2D eigenvalue weighted by Crippen LogP contribution is -2.46. The number of carbonyl (C=O) groups excluding carboxylic acids is 1. The Labute approximate surface area is 97.3 Å². The van der Waals surface area contributed by atoms with Crippen molar-refractivity contribution < 1.29 is 27.8 Å². The lowest BCUT2D eigenvalue weighted by Gasteiger charge is -2.27. The second-order valence-electron chi connectivity index (χ2n) is 4.36. The van der Waals surface area contributed by atoms with Crippen LogP contribution in [0.5, 0.6) is 0 Å². The second-order valence-corrected chi connectivity index (χ2v) is 4.36. The zero-order valence-electron chi connectivity index (χ0n) is 9.70. The van der Waals surface area contributed by atoms with Gasteiger partial charge in [-0.15, -0.1) is 0 Å². The van der Waals surface area contributed by atoms with E-state index in [-0.39, 0.29) is 6.04 Å². The maximum Gasteiger partial charge on any atom is 0.422 e. The first-order chi connectivity index (χ1) is 7.72. The molecule has 0 aromatic rings. The number of aliphatic hydroxyl groups is 1. The summed E-state index contributed by atoms with van der Waals surface area (Å²) in [6.07, 6.45) is -5.13. The van der Waals surface area contributed by atoms with E-state index in [1.165, 1.54) is 0 Å². The summed E-state index contributed by atoms with van der Waals surface area (Å²) in [5.74, 6) is -1.01. The van der Waals surface area contributed by atoms with Crippen molar-refractivity contribution in [2.24, 2.45) is 0 Å². The zero-order chi connectivity index (χ0) is 13.2. The summed E-state index contributed by atoms with van der Waals surface area (Å²) >= 11 is 0. The molecule has 17 heavy (non-hydrogen) atoms. The van der Waals surface area contributed by atoms with Gasteiger partial charge in [-0.25, -0.2) is 0 Å². The third kappa shape index (κ3) is 3.85. The molecule has 0 bridgehead atoms. The highest BCUT2D eigenvalue weighted by Gasteiger charge is 2.42. The monoisotopic (exact) mass is 255 g/mol. The van der Waals surface area contributed by atoms with Crippen molar-refractivity contribution in [1.82, 2.24) is 4.90 Å². The van der Waals surface area contributed by atoms with Gasteiger partial charge in [-0.05, 0) is 20.3 Å². The molecular formula is C10H16F3NO3. The number of carbonyl (C=O) groups is 1. The summed E-state index contributed by atoms with van der Waals surface area (Å²) in [4.78, 5) is 13.1. The van der Waals surface area contributed by atoms with Crippen LogP contribution in [0.25, 0.3) is 0 Å². The summed E-state index contributed by atoms with van der Waals surface area (Å²) < 4.78 is 39.9. The number of nitrogens with zero attached hydrogens (tertiary/aromatic N) is 1. The van der Waals surface area contributed by atoms with Gasteiger partial charge in [0.1, 0.15) is 6.04 Å². The fourth-order valence-electron chi connectivity index (χ4n) is 1.91. The van der Waals surface area contributed by atoms with Gasteiger partial charge in [0.05, 0.1) is 6.10 Å². The average molecular weight is 255 g/mol. The third-order valence-corrected chi connectivity index (χ3v) is 2.69. The van der Waals surface area contributed by atoms with Crippen molar-refractivity contribution in [3.8, 4) is 0 Å². The highest BCUT2D eigenvalue weighted by Crippen LogP contribution is 2.23. The van der Waals surface area contributed by atoms with Crippen LogP contribution in [0.4, 0.5) is 13.2 Å². The van der Waals surface area contributed by atoms with Crippen LogP contribution in [0.2, 0.25) is 0 Å². The molecule has 0 aliphatic carbocycles. The number of aliphatic hydroxyl groups excluding tert-OH is 1. The quantitative estimate of drug-likeness (QED) is 0.762. The Morgan fingerprint density at radius 2 is 2.12 bits per heavy atom. The summed E-state index contributed by atoms with van der Waals surface area (Å²) in [7, 11) is 0. The average Bonchev–Trinajstić information content (AvgIpc) is 2.55. The Kier molecular flexibility index (Phi) is 4.37. The van der Waals surface area contributed by atoms with Crippen molar-refractivity contribution in [1.29, 1.82) is 0 Å². The topological polar surface area (TPSA) is 49.8 Å². The molecular weight excluding hydrogens is 239 g/mol. The van der Waals surface area contributed by atoms with E-state index in [0.717, 1.165) is 0 Å². The minimum atomic E-state index is -4.54. The normalized spacial score (nSPS) is 26.5. The molecule has 7 heteroatoms. The molecule has 0 amide bonds. The summed E-state index contributed by atoms with van der Waals surface area (Å²) in [6, 6.07) is -1.02. The van der Waals surface area contributed by atoms with Crippen LogP contribution in [0.1, 0.15) is 20.3 Å². The minimum Gasteiger partial charge on any atom is -0.455 e. The molecule has 1 N–H and O–H groups in total. The van der Waals surface area contributed by atoms with E-state index in [0.29, 0.717) is 13.0 Å². The van der Waals surface area contributed by atoms with Gasteiger partial charge in [-0.1, -0.05) is 0 Å². The van der Waals surface area contributed by atoms with Crippen LogP contribution in [-0.2, 0) is 9.53 Å². The molecule has 1 aliphatic rings. The molecule has 0 radical (unpaired) electrons. The van der Waals surface area contributed by atoms with E-state index >= 15 is 0 Å². The van der Waals surface area contributed by atoms with Crippen LogP contribution < -0.4 is 0 Å². The van der Waals surface area contributed by atoms with Crippen molar-refractivity contribution >= 4 is 5.97 Å². The van der Waals surface area contributed by atoms with Gasteiger partial charge in [0.2, 0.25) is 0 Å². The first-order valence-corrected chi connectivity index (χ1v) is 5.39. The molecule has 1 aliphatic heterocycles. The van der Waals surface area contributed by atoms with E-state index in [1.807, 2.05) is 13.8 Å². The Hall–Kier alpha value is -0.820. The molecule has 0 aromatic carbocycles. The van der Waals surface area contributed by atoms with Gasteiger partial charge in [0.25, 0.3) is 0 Å². The molecule has 1 rings (SSSR count). The number of esters is 1. The van der Waals surface area contributed by atoms with E-state index in [4.69, 9.17) is 0 Å². The van der Waals surface area contributed by atoms with Gasteiger partial charge in [0.15, 0.2) is 6.61 Å². The highest BCUT2D eigenvalue weighted by molar-refractivity contribution is 5.77. The summed E-state index contributed by atoms with van der Waals surface area (Å²) in [5.41, 5.74) is 0. The van der Waals surface area contributed by atoms with Crippen LogP contribution in [0.15, 0.2) is 0 Å². The predicted molar refractivity (Wildman–Crippen MR) is 53.3 cm³/mol. The van der Waals surface area contributed by atoms with E-state index in [9.17, 15) is 23.1 Å². The molecule has 4 nitrogen and oxygen atoms in total. The van der Waals surface area contributed by atoms with Gasteiger partial charge in [-0.2, -0.15) is 13.2 Å². The van der Waals surface area contributed by atoms with Gasteiger partial charge < -0.3 is 9.84 Å². The maximum absolute atomic E-state index is 11.9. The Bertz CT molecular complexity index is 280. The van der Waals surface area contributed by atoms with Gasteiger partial charge in [0, 0.05) is 12.6 Å². The van der Waals surface area contributed by atoms with Crippen molar-refractivity contribution in [3.63, 3.8) is 0 Å². The number of hydrogen-bond donors (Lipinski definition) is 1. The molecule has 1 saturated heterocycles. The van der Waals surface area contributed by atoms with Crippen molar-refractivity contribution in [3.05, 3.63) is 0 Å². The fourth-order valence-corrected chi connectivity index (χ4v) is 1.91. The second kappa shape index (κ2) is 5.22.